The minimum absolute atomic E-state index is 0. The molecule has 144 valence electrons. The van der Waals surface area contributed by atoms with Gasteiger partial charge in [0.05, 0.1) is 11.0 Å². The number of aryl methyl sites for hydroxylation is 1. The van der Waals surface area contributed by atoms with Gasteiger partial charge in [-0.15, -0.1) is 24.0 Å². The molecule has 27 heavy (non-hydrogen) atoms. The number of guanidine groups is 1. The molecular weight excluding hydrogens is 475 g/mol. The maximum Gasteiger partial charge on any atom is 0.191 e. The highest BCUT2D eigenvalue weighted by atomic mass is 127. The number of nitrogens with one attached hydrogen (secondary N) is 2. The Bertz CT molecular complexity index is 891. The van der Waals surface area contributed by atoms with Crippen molar-refractivity contribution < 1.29 is 0 Å². The Morgan fingerprint density at radius 2 is 2.00 bits per heavy atom. The molecule has 2 aromatic heterocycles. The van der Waals surface area contributed by atoms with Crippen molar-refractivity contribution in [1.29, 1.82) is 0 Å². The van der Waals surface area contributed by atoms with E-state index in [0.29, 0.717) is 11.7 Å². The summed E-state index contributed by atoms with van der Waals surface area (Å²) >= 11 is 5.82. The van der Waals surface area contributed by atoms with Crippen LogP contribution in [0.5, 0.6) is 0 Å². The number of hydrogen-bond donors (Lipinski definition) is 2. The largest absolute Gasteiger partial charge is 0.357 e. The summed E-state index contributed by atoms with van der Waals surface area (Å²) in [7, 11) is 2.02. The van der Waals surface area contributed by atoms with E-state index in [1.54, 1.807) is 6.20 Å². The second-order valence-corrected chi connectivity index (χ2v) is 6.32. The van der Waals surface area contributed by atoms with Crippen LogP contribution in [0.1, 0.15) is 18.3 Å². The summed E-state index contributed by atoms with van der Waals surface area (Å²) in [5, 5.41) is 7.13. The Balaban J connectivity index is 0.00000261. The summed E-state index contributed by atoms with van der Waals surface area (Å²) in [6, 6.07) is 11.9. The zero-order chi connectivity index (χ0) is 18.4. The molecule has 0 unspecified atom stereocenters. The van der Waals surface area contributed by atoms with E-state index in [-0.39, 0.29) is 24.0 Å². The third-order valence-corrected chi connectivity index (χ3v) is 4.32. The Morgan fingerprint density at radius 1 is 1.19 bits per heavy atom. The van der Waals surface area contributed by atoms with Crippen LogP contribution in [0.15, 0.2) is 47.6 Å². The van der Waals surface area contributed by atoms with Gasteiger partial charge in [-0.1, -0.05) is 29.8 Å². The zero-order valence-corrected chi connectivity index (χ0v) is 18.5. The molecule has 0 saturated carbocycles. The van der Waals surface area contributed by atoms with E-state index in [4.69, 9.17) is 11.6 Å². The van der Waals surface area contributed by atoms with Crippen LogP contribution in [0.25, 0.3) is 11.0 Å². The fourth-order valence-electron chi connectivity index (χ4n) is 2.71. The molecule has 0 atom stereocenters. The molecule has 1 aromatic carbocycles. The molecule has 6 nitrogen and oxygen atoms in total. The van der Waals surface area contributed by atoms with E-state index in [0.717, 1.165) is 47.9 Å². The predicted octanol–water partition coefficient (Wildman–Crippen LogP) is 3.54. The number of rotatable bonds is 6. The van der Waals surface area contributed by atoms with Crippen LogP contribution in [0.3, 0.4) is 0 Å². The number of benzene rings is 1. The van der Waals surface area contributed by atoms with Crippen molar-refractivity contribution in [2.75, 3.05) is 13.1 Å². The first-order chi connectivity index (χ1) is 12.7. The molecule has 0 aliphatic carbocycles. The highest BCUT2D eigenvalue weighted by Crippen LogP contribution is 2.14. The van der Waals surface area contributed by atoms with Crippen LogP contribution in [-0.4, -0.2) is 33.6 Å². The number of para-hydroxylation sites is 2. The molecule has 0 aliphatic rings. The molecule has 2 N–H and O–H groups in total. The molecule has 0 fully saturated rings. The summed E-state index contributed by atoms with van der Waals surface area (Å²) in [6.45, 7) is 4.13. The van der Waals surface area contributed by atoms with Gasteiger partial charge >= 0.3 is 0 Å². The third-order valence-electron chi connectivity index (χ3n) is 4.10. The molecule has 8 heteroatoms. The average molecular weight is 499 g/mol. The lowest BCUT2D eigenvalue weighted by Gasteiger charge is -2.11. The monoisotopic (exact) mass is 498 g/mol. The molecule has 0 bridgehead atoms. The summed E-state index contributed by atoms with van der Waals surface area (Å²) in [5.74, 6) is 1.71. The molecule has 0 radical (unpaired) electrons. The number of hydrogen-bond acceptors (Lipinski definition) is 3. The Labute approximate surface area is 181 Å². The van der Waals surface area contributed by atoms with Gasteiger partial charge in [0.1, 0.15) is 17.5 Å². The van der Waals surface area contributed by atoms with E-state index in [9.17, 15) is 0 Å². The number of pyridine rings is 1. The van der Waals surface area contributed by atoms with Gasteiger partial charge in [0, 0.05) is 26.3 Å². The second kappa shape index (κ2) is 10.5. The number of nitrogens with zero attached hydrogens (tertiary/aromatic N) is 4. The topological polar surface area (TPSA) is 67.1 Å². The summed E-state index contributed by atoms with van der Waals surface area (Å²) in [6.07, 6.45) is 2.65. The smallest absolute Gasteiger partial charge is 0.191 e. The lowest BCUT2D eigenvalue weighted by Crippen LogP contribution is -2.38. The van der Waals surface area contributed by atoms with Gasteiger partial charge in [0.2, 0.25) is 0 Å². The standard InChI is InChI=1S/C19H23ClN6.HI/c1-3-21-19(22-11-10-14-8-9-17(20)23-12-14)24-13-18-25-15-6-4-5-7-16(15)26(18)2;/h4-9,12H,3,10-11,13H2,1-2H3,(H2,21,22,24);1H. The number of imidazole rings is 1. The van der Waals surface area contributed by atoms with Gasteiger partial charge in [0.25, 0.3) is 0 Å². The number of halogens is 2. The first-order valence-electron chi connectivity index (χ1n) is 8.70. The summed E-state index contributed by atoms with van der Waals surface area (Å²) in [4.78, 5) is 13.4. The first kappa shape index (κ1) is 21.4. The van der Waals surface area contributed by atoms with Gasteiger partial charge in [-0.3, -0.25) is 0 Å². The van der Waals surface area contributed by atoms with E-state index < -0.39 is 0 Å². The average Bonchev–Trinajstić information content (AvgIpc) is 2.97. The van der Waals surface area contributed by atoms with Gasteiger partial charge in [0.15, 0.2) is 5.96 Å². The number of aromatic nitrogens is 3. The van der Waals surface area contributed by atoms with Crippen molar-refractivity contribution in [3.63, 3.8) is 0 Å². The van der Waals surface area contributed by atoms with Gasteiger partial charge < -0.3 is 15.2 Å². The van der Waals surface area contributed by atoms with Gasteiger partial charge in [-0.05, 0) is 37.1 Å². The summed E-state index contributed by atoms with van der Waals surface area (Å²) in [5.41, 5.74) is 3.24. The van der Waals surface area contributed by atoms with E-state index in [1.807, 2.05) is 37.4 Å². The fraction of sp³-hybridized carbons (Fsp3) is 0.316. The molecule has 0 spiro atoms. The second-order valence-electron chi connectivity index (χ2n) is 5.94. The third kappa shape index (κ3) is 5.80. The molecule has 3 rings (SSSR count). The van der Waals surface area contributed by atoms with Crippen molar-refractivity contribution in [2.45, 2.75) is 19.9 Å². The van der Waals surface area contributed by atoms with E-state index >= 15 is 0 Å². The fourth-order valence-corrected chi connectivity index (χ4v) is 2.82. The number of fused-ring (bicyclic) bond motifs is 1. The van der Waals surface area contributed by atoms with Gasteiger partial charge in [-0.25, -0.2) is 15.0 Å². The highest BCUT2D eigenvalue weighted by Gasteiger charge is 2.07. The van der Waals surface area contributed by atoms with Crippen LogP contribution in [0.2, 0.25) is 5.15 Å². The Morgan fingerprint density at radius 3 is 2.70 bits per heavy atom. The van der Waals surface area contributed by atoms with Crippen LogP contribution in [-0.2, 0) is 20.0 Å². The van der Waals surface area contributed by atoms with E-state index in [1.165, 1.54) is 0 Å². The zero-order valence-electron chi connectivity index (χ0n) is 15.4. The first-order valence-corrected chi connectivity index (χ1v) is 9.08. The highest BCUT2D eigenvalue weighted by molar-refractivity contribution is 14.0. The molecule has 0 saturated heterocycles. The summed E-state index contributed by atoms with van der Waals surface area (Å²) < 4.78 is 2.09. The maximum absolute atomic E-state index is 5.82. The molecular formula is C19H24ClIN6. The number of aliphatic imine (C=N–C) groups is 1. The molecule has 2 heterocycles. The van der Waals surface area contributed by atoms with Crippen LogP contribution in [0.4, 0.5) is 0 Å². The Kier molecular flexibility index (Phi) is 8.30. The van der Waals surface area contributed by atoms with Gasteiger partial charge in [-0.2, -0.15) is 0 Å². The minimum Gasteiger partial charge on any atom is -0.357 e. The molecule has 0 aliphatic heterocycles. The lowest BCUT2D eigenvalue weighted by molar-refractivity contribution is 0.771. The molecule has 0 amide bonds. The maximum atomic E-state index is 5.82. The van der Waals surface area contributed by atoms with Crippen molar-refractivity contribution >= 4 is 52.6 Å². The Hall–Kier alpha value is -1.87. The van der Waals surface area contributed by atoms with Crippen LogP contribution in [0, 0.1) is 0 Å². The SMILES string of the molecule is CCNC(=NCc1nc2ccccc2n1C)NCCc1ccc(Cl)nc1.I. The van der Waals surface area contributed by atoms with Crippen molar-refractivity contribution in [3.05, 3.63) is 59.1 Å². The van der Waals surface area contributed by atoms with Crippen molar-refractivity contribution in [3.8, 4) is 0 Å². The predicted molar refractivity (Wildman–Crippen MR) is 122 cm³/mol. The minimum atomic E-state index is 0. The van der Waals surface area contributed by atoms with E-state index in [2.05, 4.69) is 43.2 Å². The normalized spacial score (nSPS) is 11.3. The van der Waals surface area contributed by atoms with Crippen molar-refractivity contribution in [1.82, 2.24) is 25.2 Å². The molecule has 3 aromatic rings. The lowest BCUT2D eigenvalue weighted by atomic mass is 10.2. The van der Waals surface area contributed by atoms with Crippen LogP contribution < -0.4 is 10.6 Å². The quantitative estimate of drug-likeness (QED) is 0.236. The van der Waals surface area contributed by atoms with Crippen LogP contribution >= 0.6 is 35.6 Å². The van der Waals surface area contributed by atoms with Crippen molar-refractivity contribution in [2.24, 2.45) is 12.0 Å².